The van der Waals surface area contributed by atoms with Crippen LogP contribution in [0.1, 0.15) is 6.42 Å². The van der Waals surface area contributed by atoms with E-state index in [9.17, 15) is 0 Å². The SMILES string of the molecule is C=CCOC1=CCC(CCl)(OCC=C)C=C1. The molecule has 0 bridgehead atoms. The summed E-state index contributed by atoms with van der Waals surface area (Å²) in [5, 5.41) is 0. The van der Waals surface area contributed by atoms with Gasteiger partial charge in [-0.3, -0.25) is 0 Å². The zero-order chi connectivity index (χ0) is 11.9. The summed E-state index contributed by atoms with van der Waals surface area (Å²) in [6.07, 6.45) is 9.96. The van der Waals surface area contributed by atoms with Gasteiger partial charge in [0.25, 0.3) is 0 Å². The highest BCUT2D eigenvalue weighted by molar-refractivity contribution is 6.18. The molecule has 0 aliphatic heterocycles. The summed E-state index contributed by atoms with van der Waals surface area (Å²) < 4.78 is 11.1. The summed E-state index contributed by atoms with van der Waals surface area (Å²) in [6, 6.07) is 0. The lowest BCUT2D eigenvalue weighted by Crippen LogP contribution is -2.33. The van der Waals surface area contributed by atoms with Crippen molar-refractivity contribution in [1.29, 1.82) is 0 Å². The van der Waals surface area contributed by atoms with Crippen molar-refractivity contribution >= 4 is 11.6 Å². The van der Waals surface area contributed by atoms with Crippen molar-refractivity contribution in [2.45, 2.75) is 12.0 Å². The Labute approximate surface area is 102 Å². The van der Waals surface area contributed by atoms with E-state index in [4.69, 9.17) is 21.1 Å². The molecule has 3 heteroatoms. The second-order valence-electron chi connectivity index (χ2n) is 3.54. The van der Waals surface area contributed by atoms with E-state index in [2.05, 4.69) is 13.2 Å². The number of rotatable bonds is 7. The molecule has 0 heterocycles. The number of hydrogen-bond donors (Lipinski definition) is 0. The Morgan fingerprint density at radius 1 is 1.38 bits per heavy atom. The smallest absolute Gasteiger partial charge is 0.115 e. The van der Waals surface area contributed by atoms with Crippen LogP contribution >= 0.6 is 11.6 Å². The summed E-state index contributed by atoms with van der Waals surface area (Å²) >= 11 is 5.93. The molecule has 2 nitrogen and oxygen atoms in total. The molecule has 0 N–H and O–H groups in total. The summed E-state index contributed by atoms with van der Waals surface area (Å²) in [7, 11) is 0. The van der Waals surface area contributed by atoms with Gasteiger partial charge in [-0.05, 0) is 18.2 Å². The van der Waals surface area contributed by atoms with Gasteiger partial charge in [0.15, 0.2) is 0 Å². The Kier molecular flexibility index (Phi) is 5.36. The third-order valence-electron chi connectivity index (χ3n) is 2.28. The lowest BCUT2D eigenvalue weighted by molar-refractivity contribution is 0.0263. The third-order valence-corrected chi connectivity index (χ3v) is 2.74. The standard InChI is InChI=1S/C13H17ClO2/c1-3-9-15-12-5-7-13(11-14,8-6-12)16-10-4-2/h3-7H,1-2,8-11H2. The van der Waals surface area contributed by atoms with Crippen LogP contribution in [0.15, 0.2) is 49.3 Å². The molecule has 0 aromatic heterocycles. The lowest BCUT2D eigenvalue weighted by atomic mass is 9.96. The maximum absolute atomic E-state index is 5.93. The highest BCUT2D eigenvalue weighted by Crippen LogP contribution is 2.26. The third kappa shape index (κ3) is 3.54. The molecule has 0 saturated heterocycles. The fraction of sp³-hybridized carbons (Fsp3) is 0.385. The topological polar surface area (TPSA) is 18.5 Å². The van der Waals surface area contributed by atoms with Gasteiger partial charge in [-0.15, -0.1) is 18.2 Å². The molecule has 0 saturated carbocycles. The van der Waals surface area contributed by atoms with E-state index in [0.717, 1.165) is 5.76 Å². The molecule has 1 atom stereocenters. The summed E-state index contributed by atoms with van der Waals surface area (Å²) in [6.45, 7) is 8.23. The first-order chi connectivity index (χ1) is 7.76. The molecule has 1 aliphatic rings. The molecule has 1 aliphatic carbocycles. The Morgan fingerprint density at radius 2 is 2.12 bits per heavy atom. The molecular formula is C13H17ClO2. The van der Waals surface area contributed by atoms with E-state index in [1.54, 1.807) is 12.2 Å². The van der Waals surface area contributed by atoms with Gasteiger partial charge < -0.3 is 9.47 Å². The van der Waals surface area contributed by atoms with Crippen molar-refractivity contribution in [2.75, 3.05) is 19.1 Å². The van der Waals surface area contributed by atoms with Gasteiger partial charge in [0, 0.05) is 6.42 Å². The van der Waals surface area contributed by atoms with E-state index in [1.807, 2.05) is 18.2 Å². The quantitative estimate of drug-likeness (QED) is 0.503. The Bertz CT molecular complexity index is 307. The van der Waals surface area contributed by atoms with Gasteiger partial charge in [-0.1, -0.05) is 18.7 Å². The van der Waals surface area contributed by atoms with Crippen LogP contribution < -0.4 is 0 Å². The van der Waals surface area contributed by atoms with Crippen LogP contribution in [0, 0.1) is 0 Å². The molecule has 88 valence electrons. The van der Waals surface area contributed by atoms with Gasteiger partial charge in [0.2, 0.25) is 0 Å². The van der Waals surface area contributed by atoms with Crippen molar-refractivity contribution in [1.82, 2.24) is 0 Å². The number of alkyl halides is 1. The average Bonchev–Trinajstić information content (AvgIpc) is 2.35. The molecule has 16 heavy (non-hydrogen) atoms. The van der Waals surface area contributed by atoms with Crippen LogP contribution in [-0.2, 0) is 9.47 Å². The minimum absolute atomic E-state index is 0.419. The summed E-state index contributed by atoms with van der Waals surface area (Å²) in [5.74, 6) is 1.26. The van der Waals surface area contributed by atoms with Gasteiger partial charge in [0.05, 0.1) is 12.5 Å². The van der Waals surface area contributed by atoms with Gasteiger partial charge in [-0.25, -0.2) is 0 Å². The molecule has 0 aromatic rings. The maximum Gasteiger partial charge on any atom is 0.115 e. The predicted molar refractivity (Wildman–Crippen MR) is 67.6 cm³/mol. The average molecular weight is 241 g/mol. The van der Waals surface area contributed by atoms with Crippen LogP contribution in [0.25, 0.3) is 0 Å². The van der Waals surface area contributed by atoms with Gasteiger partial charge in [-0.2, -0.15) is 0 Å². The minimum Gasteiger partial charge on any atom is -0.490 e. The van der Waals surface area contributed by atoms with E-state index >= 15 is 0 Å². The largest absolute Gasteiger partial charge is 0.490 e. The number of ether oxygens (including phenoxy) is 2. The fourth-order valence-corrected chi connectivity index (χ4v) is 1.65. The van der Waals surface area contributed by atoms with Crippen molar-refractivity contribution in [3.05, 3.63) is 49.3 Å². The molecule has 0 radical (unpaired) electrons. The Morgan fingerprint density at radius 3 is 2.62 bits per heavy atom. The zero-order valence-corrected chi connectivity index (χ0v) is 10.1. The Hall–Kier alpha value is -0.990. The van der Waals surface area contributed by atoms with Crippen molar-refractivity contribution in [3.8, 4) is 0 Å². The molecule has 0 aromatic carbocycles. The van der Waals surface area contributed by atoms with Crippen LogP contribution in [-0.4, -0.2) is 24.7 Å². The fourth-order valence-electron chi connectivity index (χ4n) is 1.38. The van der Waals surface area contributed by atoms with Crippen LogP contribution in [0.5, 0.6) is 0 Å². The number of halogens is 1. The predicted octanol–water partition coefficient (Wildman–Crippen LogP) is 3.21. The van der Waals surface area contributed by atoms with Crippen molar-refractivity contribution < 1.29 is 9.47 Å². The monoisotopic (exact) mass is 240 g/mol. The first-order valence-electron chi connectivity index (χ1n) is 5.20. The summed E-state index contributed by atoms with van der Waals surface area (Å²) in [5.41, 5.74) is -0.420. The molecule has 0 amide bonds. The van der Waals surface area contributed by atoms with E-state index < -0.39 is 5.60 Å². The Balaban J connectivity index is 2.55. The number of hydrogen-bond acceptors (Lipinski definition) is 2. The van der Waals surface area contributed by atoms with E-state index in [0.29, 0.717) is 25.5 Å². The molecule has 1 rings (SSSR count). The summed E-state index contributed by atoms with van der Waals surface area (Å²) in [4.78, 5) is 0. The van der Waals surface area contributed by atoms with Crippen LogP contribution in [0.3, 0.4) is 0 Å². The second-order valence-corrected chi connectivity index (χ2v) is 3.81. The van der Waals surface area contributed by atoms with E-state index in [1.165, 1.54) is 0 Å². The van der Waals surface area contributed by atoms with Gasteiger partial charge >= 0.3 is 0 Å². The van der Waals surface area contributed by atoms with E-state index in [-0.39, 0.29) is 0 Å². The van der Waals surface area contributed by atoms with Crippen LogP contribution in [0.4, 0.5) is 0 Å². The zero-order valence-electron chi connectivity index (χ0n) is 9.32. The highest BCUT2D eigenvalue weighted by Gasteiger charge is 2.28. The number of allylic oxidation sites excluding steroid dienone is 1. The molecule has 1 unspecified atom stereocenters. The highest BCUT2D eigenvalue weighted by atomic mass is 35.5. The minimum atomic E-state index is -0.420. The lowest BCUT2D eigenvalue weighted by Gasteiger charge is -2.29. The molecule has 0 fully saturated rings. The first-order valence-corrected chi connectivity index (χ1v) is 5.74. The first kappa shape index (κ1) is 13.1. The van der Waals surface area contributed by atoms with Crippen LogP contribution in [0.2, 0.25) is 0 Å². The molecule has 0 spiro atoms. The van der Waals surface area contributed by atoms with Crippen molar-refractivity contribution in [2.24, 2.45) is 0 Å². The maximum atomic E-state index is 5.93. The normalized spacial score (nSPS) is 23.7. The van der Waals surface area contributed by atoms with Gasteiger partial charge in [0.1, 0.15) is 18.0 Å². The van der Waals surface area contributed by atoms with Crippen molar-refractivity contribution in [3.63, 3.8) is 0 Å². The molecular weight excluding hydrogens is 224 g/mol. The second kappa shape index (κ2) is 6.56.